The molecule has 0 saturated carbocycles. The zero-order valence-corrected chi connectivity index (χ0v) is 17.9. The number of nitrogens with zero attached hydrogens (tertiary/aromatic N) is 5. The molecule has 0 saturated heterocycles. The highest BCUT2D eigenvalue weighted by molar-refractivity contribution is 5.79. The van der Waals surface area contributed by atoms with Gasteiger partial charge in [0.15, 0.2) is 12.4 Å². The highest BCUT2D eigenvalue weighted by Gasteiger charge is 2.14. The quantitative estimate of drug-likeness (QED) is 0.209. The van der Waals surface area contributed by atoms with Gasteiger partial charge in [0.1, 0.15) is 0 Å². The van der Waals surface area contributed by atoms with E-state index < -0.39 is 0 Å². The van der Waals surface area contributed by atoms with Crippen LogP contribution in [-0.2, 0) is 6.42 Å². The molecule has 1 heterocycles. The molecule has 0 bridgehead atoms. The number of rotatable bonds is 6. The van der Waals surface area contributed by atoms with Crippen LogP contribution in [-0.4, -0.2) is 28.5 Å². The van der Waals surface area contributed by atoms with E-state index >= 15 is 0 Å². The fraction of sp³-hybridized carbons (Fsp3) is 0.0769. The Hall–Kier alpha value is -4.32. The number of hydrogen-bond acceptors (Lipinski definition) is 4. The SMILES string of the molecule is CCc1n(/N=C/c2ccccc2)cc[n+]1/N=C/c1ccccc1.O/N=C\c1ccccc1. The molecule has 0 aliphatic rings. The number of imidazole rings is 1. The van der Waals surface area contributed by atoms with Crippen molar-refractivity contribution in [1.29, 1.82) is 0 Å². The van der Waals surface area contributed by atoms with Gasteiger partial charge >= 0.3 is 5.82 Å². The minimum atomic E-state index is 0.839. The summed E-state index contributed by atoms with van der Waals surface area (Å²) in [5, 5.41) is 20.0. The average molecular weight is 425 g/mol. The summed E-state index contributed by atoms with van der Waals surface area (Å²) < 4.78 is 3.71. The highest BCUT2D eigenvalue weighted by atomic mass is 16.4. The zero-order chi connectivity index (χ0) is 22.4. The van der Waals surface area contributed by atoms with Crippen LogP contribution in [0.4, 0.5) is 0 Å². The van der Waals surface area contributed by atoms with Gasteiger partial charge in [0.05, 0.1) is 25.1 Å². The summed E-state index contributed by atoms with van der Waals surface area (Å²) in [4.78, 5) is 0. The van der Waals surface area contributed by atoms with Crippen molar-refractivity contribution in [1.82, 2.24) is 4.68 Å². The van der Waals surface area contributed by atoms with Crippen LogP contribution in [0.5, 0.6) is 0 Å². The van der Waals surface area contributed by atoms with E-state index in [2.05, 4.69) is 22.3 Å². The molecule has 0 atom stereocenters. The van der Waals surface area contributed by atoms with Crippen molar-refractivity contribution in [2.45, 2.75) is 13.3 Å². The molecule has 160 valence electrons. The van der Waals surface area contributed by atoms with E-state index in [4.69, 9.17) is 5.21 Å². The van der Waals surface area contributed by atoms with Crippen molar-refractivity contribution in [2.24, 2.45) is 15.4 Å². The molecule has 6 heteroatoms. The topological polar surface area (TPSA) is 66.1 Å². The second-order valence-electron chi connectivity index (χ2n) is 6.72. The third-order valence-electron chi connectivity index (χ3n) is 4.46. The highest BCUT2D eigenvalue weighted by Crippen LogP contribution is 2.00. The van der Waals surface area contributed by atoms with Crippen molar-refractivity contribution < 1.29 is 9.88 Å². The molecule has 0 aliphatic carbocycles. The standard InChI is InChI=1S/C19H19N4.C7H7NO/c1-2-19-22(20-15-17-9-5-3-6-10-17)13-14-23(19)21-16-18-11-7-4-8-12-18;9-8-6-7-4-2-1-3-5-7/h3-16H,2H2,1H3;1-6,9H/q+1;/b20-15+,21-16+;8-6-. The van der Waals surface area contributed by atoms with Crippen LogP contribution in [0.2, 0.25) is 0 Å². The summed E-state index contributed by atoms with van der Waals surface area (Å²) in [5.41, 5.74) is 3.05. The third-order valence-corrected chi connectivity index (χ3v) is 4.46. The number of aromatic nitrogens is 2. The summed E-state index contributed by atoms with van der Waals surface area (Å²) in [5.74, 6) is 1.02. The molecule has 1 N–H and O–H groups in total. The van der Waals surface area contributed by atoms with Gasteiger partial charge in [-0.25, -0.2) is 0 Å². The normalized spacial score (nSPS) is 11.2. The van der Waals surface area contributed by atoms with E-state index in [9.17, 15) is 0 Å². The molecule has 32 heavy (non-hydrogen) atoms. The molecule has 0 aliphatic heterocycles. The second kappa shape index (κ2) is 12.4. The van der Waals surface area contributed by atoms with E-state index in [1.54, 1.807) is 0 Å². The molecule has 4 aromatic rings. The maximum atomic E-state index is 8.09. The summed E-state index contributed by atoms with van der Waals surface area (Å²) in [6, 6.07) is 29.5. The Morgan fingerprint density at radius 2 is 1.25 bits per heavy atom. The lowest BCUT2D eigenvalue weighted by atomic mass is 10.2. The van der Waals surface area contributed by atoms with Crippen LogP contribution in [0.15, 0.2) is 119 Å². The lowest BCUT2D eigenvalue weighted by Crippen LogP contribution is -2.31. The van der Waals surface area contributed by atoms with E-state index in [-0.39, 0.29) is 0 Å². The average Bonchev–Trinajstić information content (AvgIpc) is 3.26. The fourth-order valence-electron chi connectivity index (χ4n) is 2.88. The third kappa shape index (κ3) is 6.88. The Balaban J connectivity index is 0.000000269. The van der Waals surface area contributed by atoms with Crippen LogP contribution < -0.4 is 4.68 Å². The van der Waals surface area contributed by atoms with Crippen molar-refractivity contribution in [3.05, 3.63) is 126 Å². The molecule has 0 fully saturated rings. The van der Waals surface area contributed by atoms with Crippen LogP contribution >= 0.6 is 0 Å². The van der Waals surface area contributed by atoms with E-state index in [0.717, 1.165) is 28.9 Å². The summed E-state index contributed by atoms with van der Waals surface area (Å²) in [6.07, 6.45) is 9.77. The molecular formula is C26H26N5O+. The lowest BCUT2D eigenvalue weighted by Gasteiger charge is -1.94. The summed E-state index contributed by atoms with van der Waals surface area (Å²) >= 11 is 0. The van der Waals surface area contributed by atoms with Gasteiger partial charge in [-0.1, -0.05) is 113 Å². The number of benzene rings is 3. The molecule has 4 rings (SSSR count). The van der Waals surface area contributed by atoms with Crippen molar-refractivity contribution in [2.75, 3.05) is 0 Å². The molecule has 3 aromatic carbocycles. The van der Waals surface area contributed by atoms with Crippen LogP contribution in [0.3, 0.4) is 0 Å². The van der Waals surface area contributed by atoms with Gasteiger partial charge in [0.25, 0.3) is 0 Å². The monoisotopic (exact) mass is 424 g/mol. The molecule has 0 amide bonds. The van der Waals surface area contributed by atoms with Crippen molar-refractivity contribution in [3.63, 3.8) is 0 Å². The summed E-state index contributed by atoms with van der Waals surface area (Å²) in [6.45, 7) is 2.10. The predicted molar refractivity (Wildman–Crippen MR) is 129 cm³/mol. The Labute approximate surface area is 188 Å². The zero-order valence-electron chi connectivity index (χ0n) is 17.9. The molecule has 0 unspecified atom stereocenters. The maximum Gasteiger partial charge on any atom is 0.307 e. The van der Waals surface area contributed by atoms with Gasteiger partial charge in [0, 0.05) is 0 Å². The van der Waals surface area contributed by atoms with E-state index in [0.29, 0.717) is 0 Å². The van der Waals surface area contributed by atoms with Gasteiger partial charge < -0.3 is 5.21 Å². The molecular weight excluding hydrogens is 398 g/mol. The Morgan fingerprint density at radius 3 is 1.75 bits per heavy atom. The lowest BCUT2D eigenvalue weighted by molar-refractivity contribution is -0.685. The van der Waals surface area contributed by atoms with Crippen LogP contribution in [0, 0.1) is 0 Å². The van der Waals surface area contributed by atoms with Gasteiger partial charge in [-0.05, 0) is 16.7 Å². The van der Waals surface area contributed by atoms with E-state index in [1.807, 2.05) is 125 Å². The first kappa shape index (κ1) is 22.4. The van der Waals surface area contributed by atoms with Gasteiger partial charge in [-0.2, -0.15) is 0 Å². The first-order valence-corrected chi connectivity index (χ1v) is 10.3. The molecule has 1 aromatic heterocycles. The Kier molecular flexibility index (Phi) is 8.66. The summed E-state index contributed by atoms with van der Waals surface area (Å²) in [7, 11) is 0. The Bertz CT molecular complexity index is 1080. The van der Waals surface area contributed by atoms with Crippen molar-refractivity contribution in [3.8, 4) is 0 Å². The molecule has 0 spiro atoms. The largest absolute Gasteiger partial charge is 0.411 e. The Morgan fingerprint density at radius 1 is 0.750 bits per heavy atom. The van der Waals surface area contributed by atoms with Gasteiger partial charge in [-0.3, -0.25) is 0 Å². The van der Waals surface area contributed by atoms with E-state index in [1.165, 1.54) is 6.21 Å². The number of oxime groups is 1. The van der Waals surface area contributed by atoms with Gasteiger partial charge in [-0.15, -0.1) is 9.35 Å². The number of hydrogen-bond donors (Lipinski definition) is 1. The minimum absolute atomic E-state index is 0.839. The van der Waals surface area contributed by atoms with Gasteiger partial charge in [0.2, 0.25) is 0 Å². The minimum Gasteiger partial charge on any atom is -0.411 e. The molecule has 0 radical (unpaired) electrons. The van der Waals surface area contributed by atoms with Crippen LogP contribution in [0.25, 0.3) is 0 Å². The smallest absolute Gasteiger partial charge is 0.307 e. The van der Waals surface area contributed by atoms with Crippen molar-refractivity contribution >= 4 is 18.6 Å². The fourth-order valence-corrected chi connectivity index (χ4v) is 2.88. The first-order valence-electron chi connectivity index (χ1n) is 10.3. The maximum absolute atomic E-state index is 8.09. The second-order valence-corrected chi connectivity index (χ2v) is 6.72. The molecule has 6 nitrogen and oxygen atoms in total. The predicted octanol–water partition coefficient (Wildman–Crippen LogP) is 4.60. The first-order chi connectivity index (χ1) is 15.8. The van der Waals surface area contributed by atoms with Crippen LogP contribution in [0.1, 0.15) is 29.4 Å².